The maximum absolute atomic E-state index is 13.7. The van der Waals surface area contributed by atoms with Crippen LogP contribution >= 0.6 is 0 Å². The summed E-state index contributed by atoms with van der Waals surface area (Å²) in [5, 5.41) is 7.13. The van der Waals surface area contributed by atoms with Crippen molar-refractivity contribution >= 4 is 16.9 Å². The Morgan fingerprint density at radius 1 is 1.30 bits per heavy atom. The Labute approximate surface area is 191 Å². The smallest absolute Gasteiger partial charge is 0.273 e. The van der Waals surface area contributed by atoms with Crippen molar-refractivity contribution < 1.29 is 13.9 Å². The van der Waals surface area contributed by atoms with Crippen LogP contribution in [0, 0.1) is 5.82 Å². The molecule has 0 spiro atoms. The summed E-state index contributed by atoms with van der Waals surface area (Å²) < 4.78 is 26.2. The molecule has 0 radical (unpaired) electrons. The summed E-state index contributed by atoms with van der Waals surface area (Å²) in [6.07, 6.45) is 5.07. The Hall–Kier alpha value is -3.24. The Morgan fingerprint density at radius 3 is 2.88 bits per heavy atom. The van der Waals surface area contributed by atoms with E-state index in [4.69, 9.17) is 15.3 Å². The molecule has 33 heavy (non-hydrogen) atoms. The first-order chi connectivity index (χ1) is 16.0. The topological polar surface area (TPSA) is 107 Å². The van der Waals surface area contributed by atoms with Gasteiger partial charge in [-0.1, -0.05) is 6.58 Å². The van der Waals surface area contributed by atoms with Gasteiger partial charge >= 0.3 is 0 Å². The van der Waals surface area contributed by atoms with Crippen LogP contribution in [0.3, 0.4) is 0 Å². The zero-order valence-corrected chi connectivity index (χ0v) is 18.5. The highest BCUT2D eigenvalue weighted by atomic mass is 19.1. The highest BCUT2D eigenvalue weighted by Gasteiger charge is 2.20. The van der Waals surface area contributed by atoms with Crippen molar-refractivity contribution in [2.24, 2.45) is 10.9 Å². The van der Waals surface area contributed by atoms with Gasteiger partial charge in [-0.25, -0.2) is 9.37 Å². The molecule has 2 fully saturated rings. The van der Waals surface area contributed by atoms with Crippen molar-refractivity contribution in [3.05, 3.63) is 64.6 Å². The van der Waals surface area contributed by atoms with Crippen LogP contribution in [0.2, 0.25) is 0 Å². The van der Waals surface area contributed by atoms with Crippen molar-refractivity contribution in [3.8, 4) is 0 Å². The van der Waals surface area contributed by atoms with E-state index in [1.54, 1.807) is 16.7 Å². The van der Waals surface area contributed by atoms with Crippen LogP contribution in [0.25, 0.3) is 11.0 Å². The first kappa shape index (κ1) is 22.9. The fourth-order valence-electron chi connectivity index (χ4n) is 4.11. The van der Waals surface area contributed by atoms with Crippen molar-refractivity contribution in [3.63, 3.8) is 0 Å². The second-order valence-electron chi connectivity index (χ2n) is 8.18. The second-order valence-corrected chi connectivity index (χ2v) is 8.18. The van der Waals surface area contributed by atoms with E-state index in [1.165, 1.54) is 18.3 Å². The van der Waals surface area contributed by atoms with Crippen molar-refractivity contribution in [1.82, 2.24) is 19.8 Å². The number of likely N-dealkylation sites (tertiary alicyclic amines) is 1. The van der Waals surface area contributed by atoms with Crippen LogP contribution in [-0.2, 0) is 16.0 Å². The Kier molecular flexibility index (Phi) is 7.36. The molecular formula is C23H29FN6O3. The van der Waals surface area contributed by atoms with Gasteiger partial charge in [-0.15, -0.1) is 5.10 Å². The van der Waals surface area contributed by atoms with E-state index in [9.17, 15) is 9.18 Å². The molecule has 2 aliphatic rings. The van der Waals surface area contributed by atoms with E-state index in [2.05, 4.69) is 26.9 Å². The molecule has 10 heteroatoms. The van der Waals surface area contributed by atoms with E-state index in [0.717, 1.165) is 38.0 Å². The van der Waals surface area contributed by atoms with Crippen molar-refractivity contribution in [2.45, 2.75) is 25.4 Å². The maximum atomic E-state index is 13.7. The lowest BCUT2D eigenvalue weighted by molar-refractivity contribution is 0.116. The quantitative estimate of drug-likeness (QED) is 0.478. The molecular weight excluding hydrogens is 427 g/mol. The molecule has 0 aliphatic carbocycles. The minimum absolute atomic E-state index is 0.215. The highest BCUT2D eigenvalue weighted by Crippen LogP contribution is 2.15. The molecule has 3 N–H and O–H groups in total. The molecule has 0 bridgehead atoms. The zero-order chi connectivity index (χ0) is 23.2. The molecule has 9 nitrogen and oxygen atoms in total. The van der Waals surface area contributed by atoms with Gasteiger partial charge in [0, 0.05) is 25.7 Å². The Morgan fingerprint density at radius 2 is 2.09 bits per heavy atom. The predicted molar refractivity (Wildman–Crippen MR) is 124 cm³/mol. The number of nitrogens with zero attached hydrogens (tertiary/aromatic N) is 4. The first-order valence-electron chi connectivity index (χ1n) is 11.1. The third kappa shape index (κ3) is 5.77. The Bertz CT molecular complexity index is 1120. The Balaban J connectivity index is 1.25. The summed E-state index contributed by atoms with van der Waals surface area (Å²) in [7, 11) is 0. The first-order valence-corrected chi connectivity index (χ1v) is 11.1. The third-order valence-electron chi connectivity index (χ3n) is 5.90. The number of hydrazone groups is 1. The van der Waals surface area contributed by atoms with Gasteiger partial charge in [-0.05, 0) is 55.8 Å². The second kappa shape index (κ2) is 10.6. The number of hydrogen-bond acceptors (Lipinski definition) is 8. The summed E-state index contributed by atoms with van der Waals surface area (Å²) >= 11 is 0. The minimum atomic E-state index is -0.373. The summed E-state index contributed by atoms with van der Waals surface area (Å²) in [5.74, 6) is 5.75. The minimum Gasteiger partial charge on any atom is -0.484 e. The molecule has 0 unspecified atom stereocenters. The lowest BCUT2D eigenvalue weighted by Gasteiger charge is -2.32. The number of ether oxygens (including phenoxy) is 2. The van der Waals surface area contributed by atoms with E-state index in [-0.39, 0.29) is 11.4 Å². The standard InChI is InChI=1S/C23H29FN6O3/c1-16(12-21-23(28-25)33-11-10-32-21)14-26-18-4-6-29(7-5-18)8-9-30-20-13-17(24)2-3-19(20)27-15-22(30)31/h2-3,12-13,15,18,26H,1,4-11,14,25H2/b21-12+,28-23+. The highest BCUT2D eigenvalue weighted by molar-refractivity contribution is 5.92. The van der Waals surface area contributed by atoms with Crippen molar-refractivity contribution in [2.75, 3.05) is 39.4 Å². The molecule has 0 amide bonds. The number of piperidine rings is 1. The normalized spacial score (nSPS) is 20.2. The molecule has 176 valence electrons. The monoisotopic (exact) mass is 456 g/mol. The molecule has 2 saturated heterocycles. The van der Waals surface area contributed by atoms with Gasteiger partial charge in [0.15, 0.2) is 5.76 Å². The number of fused-ring (bicyclic) bond motifs is 1. The van der Waals surface area contributed by atoms with Crippen LogP contribution in [0.5, 0.6) is 0 Å². The van der Waals surface area contributed by atoms with Gasteiger partial charge in [-0.3, -0.25) is 4.79 Å². The lowest BCUT2D eigenvalue weighted by atomic mass is 10.0. The van der Waals surface area contributed by atoms with E-state index in [1.807, 2.05) is 0 Å². The number of aromatic nitrogens is 2. The van der Waals surface area contributed by atoms with Crippen LogP contribution in [0.4, 0.5) is 4.39 Å². The van der Waals surface area contributed by atoms with Gasteiger partial charge in [0.25, 0.3) is 11.5 Å². The molecule has 2 aliphatic heterocycles. The maximum Gasteiger partial charge on any atom is 0.273 e. The zero-order valence-electron chi connectivity index (χ0n) is 18.5. The molecule has 3 heterocycles. The fraction of sp³-hybridized carbons (Fsp3) is 0.435. The van der Waals surface area contributed by atoms with E-state index < -0.39 is 0 Å². The number of nitrogens with one attached hydrogen (secondary N) is 1. The number of benzene rings is 1. The van der Waals surface area contributed by atoms with Gasteiger partial charge in [0.2, 0.25) is 0 Å². The molecule has 0 saturated carbocycles. The third-order valence-corrected chi connectivity index (χ3v) is 5.90. The number of halogens is 1. The molecule has 2 aromatic rings. The summed E-state index contributed by atoms with van der Waals surface area (Å²) in [6.45, 7) is 8.64. The summed E-state index contributed by atoms with van der Waals surface area (Å²) in [4.78, 5) is 18.7. The van der Waals surface area contributed by atoms with Crippen LogP contribution in [-0.4, -0.2) is 65.8 Å². The average molecular weight is 457 g/mol. The van der Waals surface area contributed by atoms with E-state index in [0.29, 0.717) is 55.0 Å². The largest absolute Gasteiger partial charge is 0.484 e. The molecule has 1 aromatic heterocycles. The molecule has 0 atom stereocenters. The lowest BCUT2D eigenvalue weighted by Crippen LogP contribution is -2.44. The van der Waals surface area contributed by atoms with Gasteiger partial charge in [0.05, 0.1) is 17.2 Å². The number of hydrogen-bond donors (Lipinski definition) is 2. The average Bonchev–Trinajstić information content (AvgIpc) is 2.83. The summed E-state index contributed by atoms with van der Waals surface area (Å²) in [6, 6.07) is 4.70. The van der Waals surface area contributed by atoms with Crippen LogP contribution in [0.15, 0.2) is 58.3 Å². The molecule has 1 aromatic carbocycles. The van der Waals surface area contributed by atoms with E-state index >= 15 is 0 Å². The van der Waals surface area contributed by atoms with Crippen LogP contribution in [0.1, 0.15) is 12.8 Å². The SMILES string of the molecule is C=C(/C=C1/OCCO/C1=N/N)CNC1CCN(CCn2c(=O)cnc3ccc(F)cc32)CC1. The fourth-order valence-corrected chi connectivity index (χ4v) is 4.11. The van der Waals surface area contributed by atoms with Gasteiger partial charge in [-0.2, -0.15) is 0 Å². The predicted octanol–water partition coefficient (Wildman–Crippen LogP) is 1.35. The number of nitrogens with two attached hydrogens (primary N) is 1. The number of rotatable bonds is 7. The van der Waals surface area contributed by atoms with Crippen molar-refractivity contribution in [1.29, 1.82) is 0 Å². The van der Waals surface area contributed by atoms with Crippen LogP contribution < -0.4 is 16.7 Å². The summed E-state index contributed by atoms with van der Waals surface area (Å²) in [5.41, 5.74) is 1.79. The van der Waals surface area contributed by atoms with Gasteiger partial charge in [0.1, 0.15) is 19.0 Å². The molecule has 4 rings (SSSR count). The van der Waals surface area contributed by atoms with Gasteiger partial charge < -0.3 is 30.1 Å².